The van der Waals surface area contributed by atoms with Gasteiger partial charge in [0.15, 0.2) is 0 Å². The number of aromatic amines is 1. The molecule has 1 aromatic carbocycles. The molecule has 24 heavy (non-hydrogen) atoms. The second kappa shape index (κ2) is 9.20. The lowest BCUT2D eigenvalue weighted by atomic mass is 10.0. The molecule has 5 nitrogen and oxygen atoms in total. The molecule has 0 spiro atoms. The van der Waals surface area contributed by atoms with E-state index < -0.39 is 0 Å². The normalized spacial score (nSPS) is 11.9. The highest BCUT2D eigenvalue weighted by atomic mass is 79.9. The number of benzene rings is 1. The predicted octanol–water partition coefficient (Wildman–Crippen LogP) is 3.71. The molecule has 132 valence electrons. The number of hydrogen-bond donors (Lipinski definition) is 2. The molecule has 1 atom stereocenters. The fourth-order valence-electron chi connectivity index (χ4n) is 2.23. The summed E-state index contributed by atoms with van der Waals surface area (Å²) in [6, 6.07) is 9.84. The van der Waals surface area contributed by atoms with Crippen LogP contribution in [0, 0.1) is 5.92 Å². The third-order valence-corrected chi connectivity index (χ3v) is 4.74. The van der Waals surface area contributed by atoms with Gasteiger partial charge in [-0.25, -0.2) is 0 Å². The number of carbonyl (C=O) groups is 1. The van der Waals surface area contributed by atoms with E-state index >= 15 is 0 Å². The zero-order valence-corrected chi connectivity index (χ0v) is 16.5. The van der Waals surface area contributed by atoms with Crippen molar-refractivity contribution >= 4 is 34.2 Å². The van der Waals surface area contributed by atoms with E-state index in [1.165, 1.54) is 0 Å². The summed E-state index contributed by atoms with van der Waals surface area (Å²) in [4.78, 5) is 14.3. The highest BCUT2D eigenvalue weighted by Gasteiger charge is 2.21. The van der Waals surface area contributed by atoms with Gasteiger partial charge in [0.05, 0.1) is 4.47 Å². The van der Waals surface area contributed by atoms with Gasteiger partial charge >= 0.3 is 0 Å². The average molecular weight is 416 g/mol. The topological polar surface area (TPSA) is 75.0 Å². The molecule has 0 fully saturated rings. The van der Waals surface area contributed by atoms with Gasteiger partial charge in [-0.1, -0.05) is 44.2 Å². The van der Waals surface area contributed by atoms with Crippen molar-refractivity contribution in [2.24, 2.45) is 11.7 Å². The van der Waals surface area contributed by atoms with Gasteiger partial charge in [-0.05, 0) is 28.3 Å². The van der Waals surface area contributed by atoms with Gasteiger partial charge in [0, 0.05) is 25.2 Å². The number of rotatable bonds is 6. The summed E-state index contributed by atoms with van der Waals surface area (Å²) in [5.74, 6) is 0.310. The minimum absolute atomic E-state index is 0. The van der Waals surface area contributed by atoms with Gasteiger partial charge < -0.3 is 10.6 Å². The molecule has 0 saturated heterocycles. The van der Waals surface area contributed by atoms with Crippen LogP contribution in [0.25, 0.3) is 11.3 Å². The van der Waals surface area contributed by atoms with Crippen LogP contribution in [0.5, 0.6) is 0 Å². The molecule has 0 aliphatic carbocycles. The molecule has 7 heteroatoms. The number of amides is 1. The van der Waals surface area contributed by atoms with Crippen molar-refractivity contribution in [3.8, 4) is 11.3 Å². The van der Waals surface area contributed by atoms with Crippen LogP contribution in [0.4, 0.5) is 0 Å². The predicted molar refractivity (Wildman–Crippen MR) is 103 cm³/mol. The van der Waals surface area contributed by atoms with E-state index in [0.29, 0.717) is 22.6 Å². The molecule has 2 aromatic rings. The molecule has 0 saturated carbocycles. The van der Waals surface area contributed by atoms with Gasteiger partial charge in [-0.15, -0.1) is 12.4 Å². The van der Waals surface area contributed by atoms with Crippen molar-refractivity contribution in [3.05, 3.63) is 40.5 Å². The van der Waals surface area contributed by atoms with Crippen LogP contribution in [0.2, 0.25) is 0 Å². The Morgan fingerprint density at radius 2 is 1.96 bits per heavy atom. The third kappa shape index (κ3) is 4.82. The van der Waals surface area contributed by atoms with Crippen molar-refractivity contribution in [3.63, 3.8) is 0 Å². The van der Waals surface area contributed by atoms with Crippen molar-refractivity contribution in [1.29, 1.82) is 0 Å². The minimum Gasteiger partial charge on any atom is -0.340 e. The summed E-state index contributed by atoms with van der Waals surface area (Å²) in [7, 11) is 1.78. The summed E-state index contributed by atoms with van der Waals surface area (Å²) in [5.41, 5.74) is 8.20. The highest BCUT2D eigenvalue weighted by Crippen LogP contribution is 2.29. The molecule has 0 bridgehead atoms. The molecule has 1 aromatic heterocycles. The molecule has 0 aliphatic heterocycles. The Balaban J connectivity index is 0.00000288. The van der Waals surface area contributed by atoms with Gasteiger partial charge in [0.1, 0.15) is 11.4 Å². The molecule has 0 aliphatic rings. The van der Waals surface area contributed by atoms with Crippen molar-refractivity contribution in [1.82, 2.24) is 15.1 Å². The lowest BCUT2D eigenvalue weighted by Crippen LogP contribution is -2.34. The minimum atomic E-state index is -0.0949. The van der Waals surface area contributed by atoms with Crippen LogP contribution >= 0.6 is 28.3 Å². The Hall–Kier alpha value is -1.37. The number of nitrogens with two attached hydrogens (primary N) is 1. The van der Waals surface area contributed by atoms with Crippen LogP contribution in [-0.4, -0.2) is 40.6 Å². The number of aromatic nitrogens is 2. The number of nitrogens with zero attached hydrogens (tertiary/aromatic N) is 2. The second-order valence-electron chi connectivity index (χ2n) is 6.05. The lowest BCUT2D eigenvalue weighted by Gasteiger charge is -2.21. The fourth-order valence-corrected chi connectivity index (χ4v) is 2.80. The standard InChI is InChI=1S/C17H23BrN4O.ClH/c1-11(2)13(19)9-10-22(3)17(23)16-14(18)15(20-21-16)12-7-5-4-6-8-12;/h4-8,11,13H,9-10,19H2,1-3H3,(H,20,21);1H. The molecule has 0 radical (unpaired) electrons. The van der Waals surface area contributed by atoms with Crippen molar-refractivity contribution < 1.29 is 4.79 Å². The first-order valence-electron chi connectivity index (χ1n) is 7.72. The van der Waals surface area contributed by atoms with Crippen molar-refractivity contribution in [2.45, 2.75) is 26.3 Å². The summed E-state index contributed by atoms with van der Waals surface area (Å²) >= 11 is 3.49. The summed E-state index contributed by atoms with van der Waals surface area (Å²) in [6.07, 6.45) is 0.775. The molecule has 1 amide bonds. The van der Waals surface area contributed by atoms with Gasteiger partial charge in [-0.2, -0.15) is 5.10 Å². The maximum Gasteiger partial charge on any atom is 0.272 e. The van der Waals surface area contributed by atoms with E-state index in [1.807, 2.05) is 30.3 Å². The zero-order chi connectivity index (χ0) is 17.0. The number of hydrogen-bond acceptors (Lipinski definition) is 3. The van der Waals surface area contributed by atoms with E-state index in [2.05, 4.69) is 40.0 Å². The number of carbonyl (C=O) groups excluding carboxylic acids is 1. The molecule has 1 unspecified atom stereocenters. The van der Waals surface area contributed by atoms with E-state index in [1.54, 1.807) is 11.9 Å². The van der Waals surface area contributed by atoms with E-state index in [-0.39, 0.29) is 24.4 Å². The first-order chi connectivity index (χ1) is 10.9. The molecule has 1 heterocycles. The molecular weight excluding hydrogens is 392 g/mol. The Labute approximate surface area is 157 Å². The van der Waals surface area contributed by atoms with Crippen molar-refractivity contribution in [2.75, 3.05) is 13.6 Å². The second-order valence-corrected chi connectivity index (χ2v) is 6.84. The van der Waals surface area contributed by atoms with Crippen LogP contribution in [0.15, 0.2) is 34.8 Å². The smallest absolute Gasteiger partial charge is 0.272 e. The number of halogens is 2. The summed E-state index contributed by atoms with van der Waals surface area (Å²) in [5, 5.41) is 7.11. The monoisotopic (exact) mass is 414 g/mol. The Kier molecular flexibility index (Phi) is 7.93. The Bertz CT molecular complexity index is 660. The maximum absolute atomic E-state index is 12.6. The van der Waals surface area contributed by atoms with E-state index in [0.717, 1.165) is 17.7 Å². The maximum atomic E-state index is 12.6. The van der Waals surface area contributed by atoms with Crippen LogP contribution in [-0.2, 0) is 0 Å². The zero-order valence-electron chi connectivity index (χ0n) is 14.1. The van der Waals surface area contributed by atoms with Gasteiger partial charge in [-0.3, -0.25) is 9.89 Å². The summed E-state index contributed by atoms with van der Waals surface area (Å²) < 4.78 is 0.689. The largest absolute Gasteiger partial charge is 0.340 e. The third-order valence-electron chi connectivity index (χ3n) is 3.97. The molecule has 2 rings (SSSR count). The number of nitrogens with one attached hydrogen (secondary N) is 1. The average Bonchev–Trinajstić information content (AvgIpc) is 2.93. The molecule has 3 N–H and O–H groups in total. The van der Waals surface area contributed by atoms with Crippen LogP contribution in [0.1, 0.15) is 30.8 Å². The Morgan fingerprint density at radius 1 is 1.33 bits per heavy atom. The summed E-state index contributed by atoms with van der Waals surface area (Å²) in [6.45, 7) is 4.79. The van der Waals surface area contributed by atoms with Crippen LogP contribution < -0.4 is 5.73 Å². The number of H-pyrrole nitrogens is 1. The van der Waals surface area contributed by atoms with E-state index in [4.69, 9.17) is 5.73 Å². The first kappa shape index (κ1) is 20.7. The molecular formula is C17H24BrClN4O. The van der Waals surface area contributed by atoms with E-state index in [9.17, 15) is 4.79 Å². The first-order valence-corrected chi connectivity index (χ1v) is 8.51. The lowest BCUT2D eigenvalue weighted by molar-refractivity contribution is 0.0782. The quantitative estimate of drug-likeness (QED) is 0.755. The SMILES string of the molecule is CC(C)C(N)CCN(C)C(=O)c1[nH]nc(-c2ccccc2)c1Br.Cl. The fraction of sp³-hybridized carbons (Fsp3) is 0.412. The van der Waals surface area contributed by atoms with Gasteiger partial charge in [0.25, 0.3) is 5.91 Å². The van der Waals surface area contributed by atoms with Gasteiger partial charge in [0.2, 0.25) is 0 Å². The van der Waals surface area contributed by atoms with Crippen LogP contribution in [0.3, 0.4) is 0 Å². The Morgan fingerprint density at radius 3 is 2.54 bits per heavy atom. The highest BCUT2D eigenvalue weighted by molar-refractivity contribution is 9.10.